The number of hydrogen-bond acceptors (Lipinski definition) is 4. The van der Waals surface area contributed by atoms with Crippen LogP contribution >= 0.6 is 0 Å². The van der Waals surface area contributed by atoms with Gasteiger partial charge in [-0.15, -0.1) is 0 Å². The summed E-state index contributed by atoms with van der Waals surface area (Å²) < 4.78 is 40.3. The van der Waals surface area contributed by atoms with Crippen LogP contribution < -0.4 is 5.32 Å². The highest BCUT2D eigenvalue weighted by atomic mass is 32.2. The molecule has 1 aromatic rings. The molecule has 2 heterocycles. The maximum absolute atomic E-state index is 13.8. The molecule has 1 unspecified atom stereocenters. The van der Waals surface area contributed by atoms with E-state index >= 15 is 0 Å². The summed E-state index contributed by atoms with van der Waals surface area (Å²) >= 11 is 0. The summed E-state index contributed by atoms with van der Waals surface area (Å²) in [6, 6.07) is 5.83. The van der Waals surface area contributed by atoms with Crippen LogP contribution in [0.1, 0.15) is 6.42 Å². The molecule has 0 spiro atoms. The molecule has 0 radical (unpaired) electrons. The zero-order valence-electron chi connectivity index (χ0n) is 11.8. The van der Waals surface area contributed by atoms with Crippen LogP contribution in [0.3, 0.4) is 0 Å². The maximum atomic E-state index is 13.8. The van der Waals surface area contributed by atoms with Crippen LogP contribution in [0.5, 0.6) is 0 Å². The van der Waals surface area contributed by atoms with Crippen LogP contribution in [0, 0.1) is 5.82 Å². The third kappa shape index (κ3) is 2.96. The van der Waals surface area contributed by atoms with Crippen molar-refractivity contribution in [3.63, 3.8) is 0 Å². The van der Waals surface area contributed by atoms with Crippen molar-refractivity contribution in [1.29, 1.82) is 0 Å². The van der Waals surface area contributed by atoms with Gasteiger partial charge in [-0.3, -0.25) is 4.90 Å². The van der Waals surface area contributed by atoms with Gasteiger partial charge in [-0.2, -0.15) is 4.31 Å². The lowest BCUT2D eigenvalue weighted by atomic mass is 10.2. The van der Waals surface area contributed by atoms with Gasteiger partial charge >= 0.3 is 0 Å². The first-order chi connectivity index (χ1) is 10.1. The summed E-state index contributed by atoms with van der Waals surface area (Å²) in [5.74, 6) is -0.678. The molecule has 21 heavy (non-hydrogen) atoms. The van der Waals surface area contributed by atoms with Crippen LogP contribution in [0.4, 0.5) is 4.39 Å². The van der Waals surface area contributed by atoms with Gasteiger partial charge in [-0.05, 0) is 18.6 Å². The highest BCUT2D eigenvalue weighted by Gasteiger charge is 2.36. The molecule has 0 amide bonds. The third-order valence-electron chi connectivity index (χ3n) is 4.25. The first-order valence-corrected chi connectivity index (χ1v) is 8.72. The summed E-state index contributed by atoms with van der Waals surface area (Å²) in [7, 11) is -3.72. The highest BCUT2D eigenvalue weighted by Crippen LogP contribution is 2.25. The smallest absolute Gasteiger partial charge is 0.246 e. The molecule has 1 N–H and O–H groups in total. The number of nitrogens with zero attached hydrogens (tertiary/aromatic N) is 2. The average Bonchev–Trinajstić information content (AvgIpc) is 2.99. The number of halogens is 1. The molecule has 1 aromatic carbocycles. The minimum atomic E-state index is -3.72. The average molecular weight is 313 g/mol. The molecule has 2 aliphatic heterocycles. The van der Waals surface area contributed by atoms with Gasteiger partial charge in [-0.25, -0.2) is 12.8 Å². The first-order valence-electron chi connectivity index (χ1n) is 7.28. The SMILES string of the molecule is O=S(=O)(c1ccccc1F)N1CCC(N2CCNCC2)C1. The van der Waals surface area contributed by atoms with E-state index in [1.165, 1.54) is 22.5 Å². The molecule has 7 heteroatoms. The minimum Gasteiger partial charge on any atom is -0.314 e. The molecule has 0 aliphatic carbocycles. The van der Waals surface area contributed by atoms with Crippen molar-refractivity contribution in [3.05, 3.63) is 30.1 Å². The lowest BCUT2D eigenvalue weighted by Crippen LogP contribution is -2.49. The Balaban J connectivity index is 1.74. The van der Waals surface area contributed by atoms with Crippen molar-refractivity contribution in [1.82, 2.24) is 14.5 Å². The van der Waals surface area contributed by atoms with Gasteiger partial charge in [0.2, 0.25) is 10.0 Å². The van der Waals surface area contributed by atoms with Gasteiger partial charge in [0, 0.05) is 45.3 Å². The molecule has 0 saturated carbocycles. The summed E-state index contributed by atoms with van der Waals surface area (Å²) in [4.78, 5) is 2.11. The largest absolute Gasteiger partial charge is 0.314 e. The predicted octanol–water partition coefficient (Wildman–Crippen LogP) is 0.494. The van der Waals surface area contributed by atoms with E-state index in [1.54, 1.807) is 6.07 Å². The fourth-order valence-corrected chi connectivity index (χ4v) is 4.62. The zero-order chi connectivity index (χ0) is 14.9. The van der Waals surface area contributed by atoms with Gasteiger partial charge < -0.3 is 5.32 Å². The fraction of sp³-hybridized carbons (Fsp3) is 0.571. The van der Waals surface area contributed by atoms with E-state index in [1.807, 2.05) is 0 Å². The Morgan fingerprint density at radius 1 is 1.14 bits per heavy atom. The minimum absolute atomic E-state index is 0.217. The van der Waals surface area contributed by atoms with E-state index in [9.17, 15) is 12.8 Å². The quantitative estimate of drug-likeness (QED) is 0.883. The number of sulfonamides is 1. The van der Waals surface area contributed by atoms with Crippen molar-refractivity contribution in [2.45, 2.75) is 17.4 Å². The highest BCUT2D eigenvalue weighted by molar-refractivity contribution is 7.89. The Labute approximate surface area is 124 Å². The van der Waals surface area contributed by atoms with Crippen LogP contribution in [-0.4, -0.2) is 62.9 Å². The number of hydrogen-bond donors (Lipinski definition) is 1. The number of rotatable bonds is 3. The number of piperazine rings is 1. The van der Waals surface area contributed by atoms with Gasteiger partial charge in [0.15, 0.2) is 0 Å². The van der Waals surface area contributed by atoms with Crippen LogP contribution in [0.15, 0.2) is 29.2 Å². The second kappa shape index (κ2) is 6.00. The number of benzene rings is 1. The molecule has 116 valence electrons. The molecule has 5 nitrogen and oxygen atoms in total. The Hall–Kier alpha value is -1.02. The molecular formula is C14H20FN3O2S. The summed E-state index contributed by atoms with van der Waals surface area (Å²) in [6.07, 6.45) is 0.813. The second-order valence-corrected chi connectivity index (χ2v) is 7.43. The van der Waals surface area contributed by atoms with Crippen molar-refractivity contribution < 1.29 is 12.8 Å². The Morgan fingerprint density at radius 2 is 1.86 bits per heavy atom. The van der Waals surface area contributed by atoms with Crippen molar-refractivity contribution in [2.75, 3.05) is 39.3 Å². The third-order valence-corrected chi connectivity index (χ3v) is 6.15. The lowest BCUT2D eigenvalue weighted by molar-refractivity contribution is 0.179. The van der Waals surface area contributed by atoms with Crippen LogP contribution in [0.25, 0.3) is 0 Å². The maximum Gasteiger partial charge on any atom is 0.246 e. The van der Waals surface area contributed by atoms with Gasteiger partial charge in [0.05, 0.1) is 0 Å². The summed E-state index contributed by atoms with van der Waals surface area (Å²) in [5.41, 5.74) is 0. The zero-order valence-corrected chi connectivity index (χ0v) is 12.7. The number of nitrogens with one attached hydrogen (secondary N) is 1. The first kappa shape index (κ1) is 14.9. The molecular weight excluding hydrogens is 293 g/mol. The Kier molecular flexibility index (Phi) is 4.26. The van der Waals surface area contributed by atoms with Gasteiger partial charge in [-0.1, -0.05) is 12.1 Å². The molecule has 0 bridgehead atoms. The van der Waals surface area contributed by atoms with E-state index < -0.39 is 15.8 Å². The van der Waals surface area contributed by atoms with E-state index in [0.29, 0.717) is 13.1 Å². The molecule has 1 atom stereocenters. The summed E-state index contributed by atoms with van der Waals surface area (Å²) in [6.45, 7) is 4.69. The van der Waals surface area contributed by atoms with E-state index in [2.05, 4.69) is 10.2 Å². The molecule has 2 aliphatic rings. The Morgan fingerprint density at radius 3 is 2.57 bits per heavy atom. The lowest BCUT2D eigenvalue weighted by Gasteiger charge is -2.32. The van der Waals surface area contributed by atoms with Gasteiger partial charge in [0.1, 0.15) is 10.7 Å². The Bertz CT molecular complexity index is 602. The van der Waals surface area contributed by atoms with Crippen LogP contribution in [0.2, 0.25) is 0 Å². The van der Waals surface area contributed by atoms with E-state index in [4.69, 9.17) is 0 Å². The van der Waals surface area contributed by atoms with E-state index in [-0.39, 0.29) is 10.9 Å². The molecule has 3 rings (SSSR count). The second-order valence-electron chi connectivity index (χ2n) is 5.52. The topological polar surface area (TPSA) is 52.7 Å². The normalized spacial score (nSPS) is 25.3. The van der Waals surface area contributed by atoms with Crippen molar-refractivity contribution in [3.8, 4) is 0 Å². The fourth-order valence-electron chi connectivity index (χ4n) is 3.07. The molecule has 0 aromatic heterocycles. The van der Waals surface area contributed by atoms with Crippen LogP contribution in [-0.2, 0) is 10.0 Å². The van der Waals surface area contributed by atoms with Gasteiger partial charge in [0.25, 0.3) is 0 Å². The summed E-state index contributed by atoms with van der Waals surface area (Å²) in [5, 5.41) is 3.29. The molecule has 2 saturated heterocycles. The monoisotopic (exact) mass is 313 g/mol. The standard InChI is InChI=1S/C14H20FN3O2S/c15-13-3-1-2-4-14(13)21(19,20)18-8-5-12(11-18)17-9-6-16-7-10-17/h1-4,12,16H,5-11H2. The van der Waals surface area contributed by atoms with Crippen molar-refractivity contribution in [2.24, 2.45) is 0 Å². The predicted molar refractivity (Wildman–Crippen MR) is 78.0 cm³/mol. The van der Waals surface area contributed by atoms with Crippen molar-refractivity contribution >= 4 is 10.0 Å². The molecule has 2 fully saturated rings. The van der Waals surface area contributed by atoms with E-state index in [0.717, 1.165) is 32.6 Å².